The Morgan fingerprint density at radius 2 is 2.05 bits per heavy atom. The van der Waals surface area contributed by atoms with Crippen LogP contribution in [0.5, 0.6) is 0 Å². The minimum Gasteiger partial charge on any atom is -0.398 e. The van der Waals surface area contributed by atoms with E-state index in [4.69, 9.17) is 10.3 Å². The smallest absolute Gasteiger partial charge is 0.264 e. The lowest BCUT2D eigenvalue weighted by molar-refractivity contribution is 0.430. The Kier molecular flexibility index (Phi) is 3.71. The Balaban J connectivity index is 2.36. The molecule has 0 radical (unpaired) electrons. The summed E-state index contributed by atoms with van der Waals surface area (Å²) in [6.07, 6.45) is 0.750. The summed E-state index contributed by atoms with van der Waals surface area (Å²) in [4.78, 5) is 0.0978. The third-order valence-corrected chi connectivity index (χ3v) is 4.52. The summed E-state index contributed by atoms with van der Waals surface area (Å²) in [6.45, 7) is 5.43. The molecule has 0 spiro atoms. The summed E-state index contributed by atoms with van der Waals surface area (Å²) in [7, 11) is -3.73. The van der Waals surface area contributed by atoms with Gasteiger partial charge in [0.1, 0.15) is 0 Å². The number of nitrogens with zero attached hydrogens (tertiary/aromatic N) is 1. The second-order valence-electron chi connectivity index (χ2n) is 4.54. The van der Waals surface area contributed by atoms with Crippen LogP contribution in [0.4, 0.5) is 11.6 Å². The maximum atomic E-state index is 12.3. The summed E-state index contributed by atoms with van der Waals surface area (Å²) in [5.41, 5.74) is 8.50. The van der Waals surface area contributed by atoms with Gasteiger partial charge in [-0.25, -0.2) is 13.1 Å². The van der Waals surface area contributed by atoms with Gasteiger partial charge in [-0.1, -0.05) is 18.1 Å². The number of nitrogen functional groups attached to an aromatic ring is 1. The molecule has 108 valence electrons. The first-order chi connectivity index (χ1) is 9.35. The van der Waals surface area contributed by atoms with E-state index in [-0.39, 0.29) is 10.8 Å². The maximum absolute atomic E-state index is 12.3. The van der Waals surface area contributed by atoms with Crippen LogP contribution in [0.2, 0.25) is 0 Å². The molecule has 3 N–H and O–H groups in total. The summed E-state index contributed by atoms with van der Waals surface area (Å²) >= 11 is 0. The van der Waals surface area contributed by atoms with Gasteiger partial charge in [-0.05, 0) is 38.0 Å². The molecule has 0 atom stereocenters. The summed E-state index contributed by atoms with van der Waals surface area (Å²) < 4.78 is 31.9. The largest absolute Gasteiger partial charge is 0.398 e. The average molecular weight is 295 g/mol. The molecule has 0 aliphatic heterocycles. The lowest BCUT2D eigenvalue weighted by Gasteiger charge is -2.08. The van der Waals surface area contributed by atoms with Crippen LogP contribution in [0.25, 0.3) is 0 Å². The monoisotopic (exact) mass is 295 g/mol. The number of nitrogens with two attached hydrogens (primary N) is 1. The number of sulfonamides is 1. The van der Waals surface area contributed by atoms with E-state index in [0.717, 1.165) is 12.0 Å². The molecule has 6 nitrogen and oxygen atoms in total. The van der Waals surface area contributed by atoms with Crippen LogP contribution in [0.1, 0.15) is 23.7 Å². The van der Waals surface area contributed by atoms with E-state index in [1.165, 1.54) is 12.1 Å². The fourth-order valence-corrected chi connectivity index (χ4v) is 2.84. The lowest BCUT2D eigenvalue weighted by atomic mass is 10.1. The van der Waals surface area contributed by atoms with Gasteiger partial charge in [-0.15, -0.1) is 0 Å². The molecule has 0 fully saturated rings. The summed E-state index contributed by atoms with van der Waals surface area (Å²) in [5.74, 6) is 0.126. The molecule has 1 heterocycles. The number of hydrogen-bond acceptors (Lipinski definition) is 5. The van der Waals surface area contributed by atoms with Crippen molar-refractivity contribution in [2.24, 2.45) is 0 Å². The van der Waals surface area contributed by atoms with Crippen molar-refractivity contribution < 1.29 is 12.9 Å². The van der Waals surface area contributed by atoms with Crippen molar-refractivity contribution in [3.63, 3.8) is 0 Å². The normalized spacial score (nSPS) is 11.6. The Morgan fingerprint density at radius 1 is 1.35 bits per heavy atom. The van der Waals surface area contributed by atoms with Gasteiger partial charge < -0.3 is 10.3 Å². The topological polar surface area (TPSA) is 98.2 Å². The van der Waals surface area contributed by atoms with Gasteiger partial charge >= 0.3 is 0 Å². The molecular formula is C13H17N3O3S. The van der Waals surface area contributed by atoms with Crippen molar-refractivity contribution in [3.05, 3.63) is 35.0 Å². The average Bonchev–Trinajstić information content (AvgIpc) is 2.70. The molecule has 0 aliphatic rings. The van der Waals surface area contributed by atoms with Crippen molar-refractivity contribution in [2.75, 3.05) is 10.5 Å². The lowest BCUT2D eigenvalue weighted by Crippen LogP contribution is -2.13. The highest BCUT2D eigenvalue weighted by molar-refractivity contribution is 7.92. The van der Waals surface area contributed by atoms with Gasteiger partial charge in [-0.3, -0.25) is 0 Å². The number of aryl methyl sites for hydroxylation is 2. The molecule has 0 saturated heterocycles. The quantitative estimate of drug-likeness (QED) is 0.843. The van der Waals surface area contributed by atoms with Crippen molar-refractivity contribution in [1.29, 1.82) is 0 Å². The molecule has 1 aromatic heterocycles. The van der Waals surface area contributed by atoms with Crippen LogP contribution in [-0.4, -0.2) is 13.6 Å². The Labute approximate surface area is 118 Å². The summed E-state index contributed by atoms with van der Waals surface area (Å²) in [5, 5.41) is 3.71. The zero-order valence-corrected chi connectivity index (χ0v) is 12.4. The second-order valence-corrected chi connectivity index (χ2v) is 6.22. The maximum Gasteiger partial charge on any atom is 0.264 e. The predicted octanol–water partition coefficient (Wildman–Crippen LogP) is 2.24. The molecule has 0 saturated carbocycles. The molecule has 0 unspecified atom stereocenters. The zero-order valence-electron chi connectivity index (χ0n) is 11.6. The van der Waals surface area contributed by atoms with E-state index in [2.05, 4.69) is 9.88 Å². The summed E-state index contributed by atoms with van der Waals surface area (Å²) in [6, 6.07) is 4.68. The molecule has 0 bridgehead atoms. The number of aromatic nitrogens is 1. The first kappa shape index (κ1) is 14.4. The highest BCUT2D eigenvalue weighted by atomic mass is 32.2. The Morgan fingerprint density at radius 3 is 2.55 bits per heavy atom. The molecule has 20 heavy (non-hydrogen) atoms. The van der Waals surface area contributed by atoms with Crippen LogP contribution < -0.4 is 10.5 Å². The minimum atomic E-state index is -3.73. The van der Waals surface area contributed by atoms with Crippen LogP contribution in [0, 0.1) is 13.8 Å². The first-order valence-electron chi connectivity index (χ1n) is 6.19. The van der Waals surface area contributed by atoms with E-state index in [1.807, 2.05) is 6.92 Å². The standard InChI is InChI=1S/C13H17N3O3S/c1-4-10-5-6-11(7-12(10)14)20(17,18)16-13-8(2)9(3)15-19-13/h5-7,16H,4,14H2,1-3H3. The van der Waals surface area contributed by atoms with Gasteiger partial charge in [0.05, 0.1) is 10.6 Å². The third-order valence-electron chi connectivity index (χ3n) is 3.19. The fraction of sp³-hybridized carbons (Fsp3) is 0.308. The molecule has 1 aromatic carbocycles. The number of nitrogens with one attached hydrogen (secondary N) is 1. The van der Waals surface area contributed by atoms with Gasteiger partial charge in [0.2, 0.25) is 5.88 Å². The van der Waals surface area contributed by atoms with Crippen molar-refractivity contribution in [2.45, 2.75) is 32.1 Å². The molecule has 7 heteroatoms. The first-order valence-corrected chi connectivity index (χ1v) is 7.67. The highest BCUT2D eigenvalue weighted by Gasteiger charge is 2.19. The van der Waals surface area contributed by atoms with Crippen molar-refractivity contribution in [1.82, 2.24) is 5.16 Å². The van der Waals surface area contributed by atoms with Crippen molar-refractivity contribution in [3.8, 4) is 0 Å². The molecule has 0 aliphatic carbocycles. The number of anilines is 2. The molecule has 2 rings (SSSR count). The highest BCUT2D eigenvalue weighted by Crippen LogP contribution is 2.24. The third kappa shape index (κ3) is 2.62. The van der Waals surface area contributed by atoms with Crippen molar-refractivity contribution >= 4 is 21.6 Å². The van der Waals surface area contributed by atoms with Gasteiger partial charge in [-0.2, -0.15) is 0 Å². The van der Waals surface area contributed by atoms with Gasteiger partial charge in [0.15, 0.2) is 0 Å². The van der Waals surface area contributed by atoms with E-state index in [9.17, 15) is 8.42 Å². The number of rotatable bonds is 4. The van der Waals surface area contributed by atoms with E-state index >= 15 is 0 Å². The van der Waals surface area contributed by atoms with Crippen LogP contribution in [0.15, 0.2) is 27.6 Å². The van der Waals surface area contributed by atoms with Gasteiger partial charge in [0.25, 0.3) is 10.0 Å². The Bertz CT molecular complexity index is 735. The number of benzene rings is 1. The SMILES string of the molecule is CCc1ccc(S(=O)(=O)Nc2onc(C)c2C)cc1N. The second kappa shape index (κ2) is 5.16. The van der Waals surface area contributed by atoms with E-state index < -0.39 is 10.0 Å². The minimum absolute atomic E-state index is 0.0978. The number of hydrogen-bond donors (Lipinski definition) is 2. The molecule has 2 aromatic rings. The predicted molar refractivity (Wildman–Crippen MR) is 77.0 cm³/mol. The molecule has 0 amide bonds. The zero-order chi connectivity index (χ0) is 14.9. The van der Waals surface area contributed by atoms with Crippen LogP contribution in [-0.2, 0) is 16.4 Å². The van der Waals surface area contributed by atoms with Gasteiger partial charge in [0, 0.05) is 11.3 Å². The molecular weight excluding hydrogens is 278 g/mol. The Hall–Kier alpha value is -2.02. The van der Waals surface area contributed by atoms with Crippen LogP contribution in [0.3, 0.4) is 0 Å². The van der Waals surface area contributed by atoms with E-state index in [0.29, 0.717) is 16.9 Å². The fourth-order valence-electron chi connectivity index (χ4n) is 1.75. The van der Waals surface area contributed by atoms with Crippen LogP contribution >= 0.6 is 0 Å². The van der Waals surface area contributed by atoms with E-state index in [1.54, 1.807) is 19.9 Å².